The molecule has 0 aromatic heterocycles. The Labute approximate surface area is 100 Å². The second kappa shape index (κ2) is 4.30. The van der Waals surface area contributed by atoms with E-state index in [-0.39, 0.29) is 5.91 Å². The van der Waals surface area contributed by atoms with Crippen molar-refractivity contribution in [3.8, 4) is 0 Å². The summed E-state index contributed by atoms with van der Waals surface area (Å²) in [6.07, 6.45) is 1.98. The van der Waals surface area contributed by atoms with Crippen LogP contribution in [-0.2, 0) is 21.5 Å². The Morgan fingerprint density at radius 1 is 1.47 bits per heavy atom. The molecule has 1 unspecified atom stereocenters. The lowest BCUT2D eigenvalue weighted by atomic mass is 9.90. The second-order valence-electron chi connectivity index (χ2n) is 4.35. The molecule has 1 aliphatic carbocycles. The summed E-state index contributed by atoms with van der Waals surface area (Å²) < 4.78 is 0. The van der Waals surface area contributed by atoms with Gasteiger partial charge in [-0.15, -0.1) is 0 Å². The van der Waals surface area contributed by atoms with Crippen LogP contribution >= 0.6 is 0 Å². The fourth-order valence-corrected chi connectivity index (χ4v) is 2.67. The van der Waals surface area contributed by atoms with E-state index in [2.05, 4.69) is 10.6 Å². The number of hydrogen-bond acceptors (Lipinski definition) is 3. The van der Waals surface area contributed by atoms with Gasteiger partial charge in [0.25, 0.3) is 5.91 Å². The zero-order valence-corrected chi connectivity index (χ0v) is 10.0. The van der Waals surface area contributed by atoms with Gasteiger partial charge in [0.1, 0.15) is 5.54 Å². The molecule has 0 fully saturated rings. The number of hydrogen-bond donors (Lipinski definition) is 2. The molecule has 0 aliphatic heterocycles. The van der Waals surface area contributed by atoms with Crippen LogP contribution in [0.4, 0.5) is 0 Å². The average molecular weight is 232 g/mol. The maximum atomic E-state index is 12.1. The summed E-state index contributed by atoms with van der Waals surface area (Å²) in [5.74, 6) is -0.278. The summed E-state index contributed by atoms with van der Waals surface area (Å²) in [4.78, 5) is 22.5. The molecule has 1 aliphatic rings. The van der Waals surface area contributed by atoms with Crippen LogP contribution in [-0.4, -0.2) is 19.4 Å². The van der Waals surface area contributed by atoms with Crippen molar-refractivity contribution in [3.63, 3.8) is 0 Å². The summed E-state index contributed by atoms with van der Waals surface area (Å²) in [7, 11) is 1.75. The van der Waals surface area contributed by atoms with Crippen molar-refractivity contribution < 1.29 is 9.59 Å². The molecule has 2 N–H and O–H groups in total. The van der Waals surface area contributed by atoms with Crippen molar-refractivity contribution in [1.29, 1.82) is 0 Å². The van der Waals surface area contributed by atoms with E-state index in [9.17, 15) is 9.59 Å². The minimum Gasteiger partial charge on any atom is -0.303 e. The molecule has 1 aromatic carbocycles. The van der Waals surface area contributed by atoms with Gasteiger partial charge in [-0.3, -0.25) is 14.9 Å². The van der Waals surface area contributed by atoms with Crippen molar-refractivity contribution in [3.05, 3.63) is 34.9 Å². The number of amides is 2. The predicted octanol–water partition coefficient (Wildman–Crippen LogP) is 0.629. The van der Waals surface area contributed by atoms with E-state index in [0.29, 0.717) is 12.8 Å². The number of imide groups is 1. The summed E-state index contributed by atoms with van der Waals surface area (Å²) in [5.41, 5.74) is 2.63. The Hall–Kier alpha value is -1.68. The molecule has 0 heterocycles. The molecule has 4 nitrogen and oxygen atoms in total. The molecule has 0 saturated carbocycles. The molecule has 1 aromatic rings. The Balaban J connectivity index is 2.51. The van der Waals surface area contributed by atoms with E-state index < -0.39 is 5.54 Å². The van der Waals surface area contributed by atoms with Gasteiger partial charge in [0.2, 0.25) is 6.41 Å². The minimum absolute atomic E-state index is 0.278. The summed E-state index contributed by atoms with van der Waals surface area (Å²) in [6.45, 7) is 2.04. The molecule has 0 spiro atoms. The highest BCUT2D eigenvalue weighted by atomic mass is 16.2. The van der Waals surface area contributed by atoms with Crippen LogP contribution in [0.25, 0.3) is 0 Å². The van der Waals surface area contributed by atoms with Gasteiger partial charge < -0.3 is 5.32 Å². The number of likely N-dealkylation sites (N-methyl/N-ethyl adjacent to an activating group) is 1. The summed E-state index contributed by atoms with van der Waals surface area (Å²) in [6, 6.07) is 5.94. The monoisotopic (exact) mass is 232 g/mol. The second-order valence-corrected chi connectivity index (χ2v) is 4.35. The van der Waals surface area contributed by atoms with E-state index in [1.807, 2.05) is 25.1 Å². The third kappa shape index (κ3) is 1.65. The van der Waals surface area contributed by atoms with Gasteiger partial charge in [0.05, 0.1) is 0 Å². The first-order valence-electron chi connectivity index (χ1n) is 5.68. The van der Waals surface area contributed by atoms with Crippen molar-refractivity contribution in [2.24, 2.45) is 0 Å². The van der Waals surface area contributed by atoms with Crippen LogP contribution < -0.4 is 10.6 Å². The first-order valence-corrected chi connectivity index (χ1v) is 5.68. The first kappa shape index (κ1) is 11.8. The van der Waals surface area contributed by atoms with E-state index in [4.69, 9.17) is 0 Å². The fraction of sp³-hybridized carbons (Fsp3) is 0.385. The molecule has 1 atom stereocenters. The first-order chi connectivity index (χ1) is 8.15. The van der Waals surface area contributed by atoms with Crippen molar-refractivity contribution in [2.45, 2.75) is 25.3 Å². The Kier molecular flexibility index (Phi) is 2.98. The van der Waals surface area contributed by atoms with Gasteiger partial charge in [-0.05, 0) is 43.5 Å². The van der Waals surface area contributed by atoms with E-state index in [1.54, 1.807) is 7.05 Å². The number of rotatable bonds is 3. The van der Waals surface area contributed by atoms with Gasteiger partial charge in [0.15, 0.2) is 0 Å². The van der Waals surface area contributed by atoms with Crippen molar-refractivity contribution >= 4 is 12.3 Å². The maximum absolute atomic E-state index is 12.1. The van der Waals surface area contributed by atoms with Gasteiger partial charge >= 0.3 is 0 Å². The molecule has 4 heteroatoms. The van der Waals surface area contributed by atoms with Crippen LogP contribution in [0.15, 0.2) is 18.2 Å². The minimum atomic E-state index is -0.762. The van der Waals surface area contributed by atoms with Gasteiger partial charge in [0, 0.05) is 0 Å². The lowest BCUT2D eigenvalue weighted by molar-refractivity contribution is -0.130. The maximum Gasteiger partial charge on any atom is 0.251 e. The van der Waals surface area contributed by atoms with Crippen molar-refractivity contribution in [1.82, 2.24) is 10.6 Å². The largest absolute Gasteiger partial charge is 0.303 e. The SMILES string of the molecule is CNC1(C(=O)NC=O)CCc2c(C)cccc21. The lowest BCUT2D eigenvalue weighted by Gasteiger charge is -2.27. The van der Waals surface area contributed by atoms with Crippen LogP contribution in [0.1, 0.15) is 23.1 Å². The van der Waals surface area contributed by atoms with Crippen LogP contribution in [0.3, 0.4) is 0 Å². The molecule has 0 bridgehead atoms. The zero-order chi connectivity index (χ0) is 12.5. The highest BCUT2D eigenvalue weighted by Crippen LogP contribution is 2.38. The fourth-order valence-electron chi connectivity index (χ4n) is 2.67. The van der Waals surface area contributed by atoms with Crippen LogP contribution in [0.2, 0.25) is 0 Å². The average Bonchev–Trinajstić information content (AvgIpc) is 2.71. The smallest absolute Gasteiger partial charge is 0.251 e. The number of fused-ring (bicyclic) bond motifs is 1. The predicted molar refractivity (Wildman–Crippen MR) is 64.4 cm³/mol. The van der Waals surface area contributed by atoms with Gasteiger partial charge in [-0.2, -0.15) is 0 Å². The third-order valence-electron chi connectivity index (χ3n) is 3.62. The number of carbonyl (C=O) groups excluding carboxylic acids is 2. The quantitative estimate of drug-likeness (QED) is 0.751. The molecule has 0 radical (unpaired) electrons. The van der Waals surface area contributed by atoms with Crippen LogP contribution in [0.5, 0.6) is 0 Å². The molecule has 90 valence electrons. The highest BCUT2D eigenvalue weighted by Gasteiger charge is 2.44. The Morgan fingerprint density at radius 2 is 2.24 bits per heavy atom. The molecule has 2 rings (SSSR count). The molecule has 0 saturated heterocycles. The normalized spacial score (nSPS) is 22.0. The number of benzene rings is 1. The van der Waals surface area contributed by atoms with Gasteiger partial charge in [-0.25, -0.2) is 0 Å². The zero-order valence-electron chi connectivity index (χ0n) is 10.0. The summed E-state index contributed by atoms with van der Waals surface area (Å²) >= 11 is 0. The van der Waals surface area contributed by atoms with E-state index >= 15 is 0 Å². The highest BCUT2D eigenvalue weighted by molar-refractivity contribution is 5.95. The summed E-state index contributed by atoms with van der Waals surface area (Å²) in [5, 5.41) is 5.33. The molecule has 2 amide bonds. The third-order valence-corrected chi connectivity index (χ3v) is 3.62. The van der Waals surface area contributed by atoms with Crippen molar-refractivity contribution in [2.75, 3.05) is 7.05 Å². The topological polar surface area (TPSA) is 58.2 Å². The standard InChI is InChI=1S/C13H16N2O2/c1-9-4-3-5-11-10(9)6-7-13(11,14-2)12(17)15-8-16/h3-5,8,14H,6-7H2,1-2H3,(H,15,16,17). The van der Waals surface area contributed by atoms with E-state index in [0.717, 1.165) is 12.0 Å². The lowest BCUT2D eigenvalue weighted by Crippen LogP contribution is -2.51. The Morgan fingerprint density at radius 3 is 2.88 bits per heavy atom. The number of nitrogens with one attached hydrogen (secondary N) is 2. The number of aryl methyl sites for hydroxylation is 1. The van der Waals surface area contributed by atoms with Crippen LogP contribution in [0, 0.1) is 6.92 Å². The molecular formula is C13H16N2O2. The van der Waals surface area contributed by atoms with Gasteiger partial charge in [-0.1, -0.05) is 18.2 Å². The molecule has 17 heavy (non-hydrogen) atoms. The Bertz CT molecular complexity index is 470. The molecular weight excluding hydrogens is 216 g/mol. The number of carbonyl (C=O) groups is 2. The van der Waals surface area contributed by atoms with E-state index in [1.165, 1.54) is 11.1 Å².